The molecule has 0 saturated carbocycles. The van der Waals surface area contributed by atoms with Gasteiger partial charge >= 0.3 is 12.0 Å². The van der Waals surface area contributed by atoms with E-state index >= 15 is 0 Å². The van der Waals surface area contributed by atoms with Crippen molar-refractivity contribution in [3.8, 4) is 11.5 Å². The van der Waals surface area contributed by atoms with Gasteiger partial charge in [-0.3, -0.25) is 4.79 Å². The predicted molar refractivity (Wildman–Crippen MR) is 139 cm³/mol. The Morgan fingerprint density at radius 2 is 1.57 bits per heavy atom. The van der Waals surface area contributed by atoms with Crippen LogP contribution in [0.4, 0.5) is 10.5 Å². The Balaban J connectivity index is 2.05. The molecule has 0 radical (unpaired) electrons. The van der Waals surface area contributed by atoms with Crippen LogP contribution in [0.2, 0.25) is 0 Å². The number of carbonyl (C=O) groups excluding carboxylic acids is 1. The van der Waals surface area contributed by atoms with Crippen LogP contribution in [0.15, 0.2) is 48.5 Å². The van der Waals surface area contributed by atoms with Crippen molar-refractivity contribution in [2.45, 2.75) is 71.9 Å². The lowest BCUT2D eigenvalue weighted by atomic mass is 10.0. The van der Waals surface area contributed by atoms with Crippen molar-refractivity contribution >= 4 is 17.7 Å². The number of carboxylic acid groups (broad SMARTS) is 1. The first-order chi connectivity index (χ1) is 16.9. The number of hydrogen-bond acceptors (Lipinski definition) is 4. The van der Waals surface area contributed by atoms with Gasteiger partial charge in [0.05, 0.1) is 13.0 Å². The van der Waals surface area contributed by atoms with E-state index in [0.29, 0.717) is 30.9 Å². The molecule has 0 heterocycles. The number of benzene rings is 2. The number of carbonyl (C=O) groups is 2. The topological polar surface area (TPSA) is 88.1 Å². The Morgan fingerprint density at radius 1 is 0.943 bits per heavy atom. The van der Waals surface area contributed by atoms with Crippen molar-refractivity contribution in [1.82, 2.24) is 4.90 Å². The van der Waals surface area contributed by atoms with Crippen molar-refractivity contribution in [1.29, 1.82) is 0 Å². The zero-order valence-corrected chi connectivity index (χ0v) is 21.5. The van der Waals surface area contributed by atoms with Crippen LogP contribution >= 0.6 is 0 Å². The Morgan fingerprint density at radius 3 is 2.14 bits per heavy atom. The second kappa shape index (κ2) is 14.9. The number of carboxylic acids is 1. The predicted octanol–water partition coefficient (Wildman–Crippen LogP) is 6.58. The third kappa shape index (κ3) is 9.51. The van der Waals surface area contributed by atoms with Crippen LogP contribution in [0, 0.1) is 5.92 Å². The first kappa shape index (κ1) is 28.0. The van der Waals surface area contributed by atoms with E-state index in [1.807, 2.05) is 60.4 Å². The van der Waals surface area contributed by atoms with Crippen molar-refractivity contribution in [3.63, 3.8) is 0 Å². The van der Waals surface area contributed by atoms with Crippen LogP contribution in [0.1, 0.15) is 64.9 Å². The minimum Gasteiger partial charge on any atom is -0.497 e. The zero-order valence-electron chi connectivity index (χ0n) is 21.5. The molecule has 192 valence electrons. The van der Waals surface area contributed by atoms with Crippen LogP contribution in [-0.4, -0.2) is 41.8 Å². The molecule has 2 aromatic carbocycles. The number of urea groups is 1. The lowest BCUT2D eigenvalue weighted by Crippen LogP contribution is -2.35. The van der Waals surface area contributed by atoms with Gasteiger partial charge in [0.2, 0.25) is 0 Å². The van der Waals surface area contributed by atoms with Crippen molar-refractivity contribution in [3.05, 3.63) is 54.1 Å². The summed E-state index contributed by atoms with van der Waals surface area (Å²) in [7, 11) is 1.61. The number of hydrogen-bond donors (Lipinski definition) is 2. The smallest absolute Gasteiger partial charge is 0.322 e. The molecule has 2 atom stereocenters. The minimum absolute atomic E-state index is 0.146. The summed E-state index contributed by atoms with van der Waals surface area (Å²) in [5.74, 6) is -0.0981. The van der Waals surface area contributed by atoms with Gasteiger partial charge in [0.1, 0.15) is 17.6 Å². The van der Waals surface area contributed by atoms with Gasteiger partial charge in [-0.25, -0.2) is 4.79 Å². The van der Waals surface area contributed by atoms with Crippen LogP contribution in [0.3, 0.4) is 0 Å². The highest BCUT2D eigenvalue weighted by atomic mass is 16.5. The third-order valence-corrected chi connectivity index (χ3v) is 6.09. The molecule has 0 aromatic heterocycles. The van der Waals surface area contributed by atoms with Gasteiger partial charge in [0.15, 0.2) is 0 Å². The SMILES string of the molecule is CCCCCCCN(Cc1ccc(OC(CC)C(C)C(=O)O)cc1)C(=O)Nc1ccc(OC)cc1. The number of nitrogens with zero attached hydrogens (tertiary/aromatic N) is 1. The molecule has 2 unspecified atom stereocenters. The van der Waals surface area contributed by atoms with Gasteiger partial charge < -0.3 is 24.8 Å². The molecule has 2 amide bonds. The second-order valence-electron chi connectivity index (χ2n) is 8.83. The fourth-order valence-corrected chi connectivity index (χ4v) is 3.80. The molecular weight excluding hydrogens is 444 g/mol. The van der Waals surface area contributed by atoms with E-state index in [-0.39, 0.29) is 6.03 Å². The molecule has 0 aliphatic rings. The Bertz CT molecular complexity index is 899. The maximum atomic E-state index is 13.1. The number of ether oxygens (including phenoxy) is 2. The lowest BCUT2D eigenvalue weighted by molar-refractivity contribution is -0.144. The average Bonchev–Trinajstić information content (AvgIpc) is 2.87. The van der Waals surface area contributed by atoms with E-state index in [1.165, 1.54) is 19.3 Å². The fraction of sp³-hybridized carbons (Fsp3) is 0.500. The van der Waals surface area contributed by atoms with E-state index in [1.54, 1.807) is 14.0 Å². The lowest BCUT2D eigenvalue weighted by Gasteiger charge is -2.24. The summed E-state index contributed by atoms with van der Waals surface area (Å²) in [6.45, 7) is 6.90. The van der Waals surface area contributed by atoms with Gasteiger partial charge in [0.25, 0.3) is 0 Å². The van der Waals surface area contributed by atoms with E-state index in [9.17, 15) is 14.7 Å². The van der Waals surface area contributed by atoms with Crippen LogP contribution in [-0.2, 0) is 11.3 Å². The number of amides is 2. The molecule has 0 saturated heterocycles. The van der Waals surface area contributed by atoms with Gasteiger partial charge in [-0.2, -0.15) is 0 Å². The summed E-state index contributed by atoms with van der Waals surface area (Å²) >= 11 is 0. The zero-order chi connectivity index (χ0) is 25.6. The van der Waals surface area contributed by atoms with Crippen molar-refractivity contribution in [2.24, 2.45) is 5.92 Å². The summed E-state index contributed by atoms with van der Waals surface area (Å²) in [6.07, 6.45) is 5.80. The molecule has 2 aromatic rings. The highest BCUT2D eigenvalue weighted by Crippen LogP contribution is 2.21. The van der Waals surface area contributed by atoms with Crippen molar-refractivity contribution < 1.29 is 24.2 Å². The number of nitrogens with one attached hydrogen (secondary N) is 1. The molecule has 7 nitrogen and oxygen atoms in total. The summed E-state index contributed by atoms with van der Waals surface area (Å²) < 4.78 is 11.1. The number of methoxy groups -OCH3 is 1. The molecule has 2 rings (SSSR count). The van der Waals surface area contributed by atoms with Gasteiger partial charge in [-0.05, 0) is 61.7 Å². The first-order valence-corrected chi connectivity index (χ1v) is 12.6. The molecule has 35 heavy (non-hydrogen) atoms. The van der Waals surface area contributed by atoms with Crippen LogP contribution < -0.4 is 14.8 Å². The van der Waals surface area contributed by atoms with Crippen LogP contribution in [0.25, 0.3) is 0 Å². The molecule has 0 aliphatic heterocycles. The van der Waals surface area contributed by atoms with Crippen molar-refractivity contribution in [2.75, 3.05) is 19.0 Å². The molecule has 0 spiro atoms. The summed E-state index contributed by atoms with van der Waals surface area (Å²) in [6, 6.07) is 14.7. The van der Waals surface area contributed by atoms with E-state index in [2.05, 4.69) is 12.2 Å². The first-order valence-electron chi connectivity index (χ1n) is 12.6. The standard InChI is InChI=1S/C28H40N2O5/c1-5-7-8-9-10-19-30(28(33)29-23-13-17-24(34-4)18-14-23)20-22-11-15-25(16-12-22)35-26(6-2)21(3)27(31)32/h11-18,21,26H,5-10,19-20H2,1-4H3,(H,29,33)(H,31,32). The number of aliphatic carboxylic acids is 1. The fourth-order valence-electron chi connectivity index (χ4n) is 3.80. The maximum absolute atomic E-state index is 13.1. The van der Waals surface area contributed by atoms with E-state index in [4.69, 9.17) is 9.47 Å². The minimum atomic E-state index is -0.870. The van der Waals surface area contributed by atoms with Gasteiger partial charge in [0, 0.05) is 18.8 Å². The summed E-state index contributed by atoms with van der Waals surface area (Å²) in [4.78, 5) is 26.2. The van der Waals surface area contributed by atoms with E-state index in [0.717, 1.165) is 24.2 Å². The highest BCUT2D eigenvalue weighted by molar-refractivity contribution is 5.89. The monoisotopic (exact) mass is 484 g/mol. The molecule has 7 heteroatoms. The quantitative estimate of drug-likeness (QED) is 0.279. The maximum Gasteiger partial charge on any atom is 0.322 e. The Hall–Kier alpha value is -3.22. The number of anilines is 1. The van der Waals surface area contributed by atoms with E-state index < -0.39 is 18.0 Å². The largest absolute Gasteiger partial charge is 0.497 e. The average molecular weight is 485 g/mol. The number of rotatable bonds is 15. The van der Waals surface area contributed by atoms with Crippen LogP contribution in [0.5, 0.6) is 11.5 Å². The molecule has 0 fully saturated rings. The second-order valence-corrected chi connectivity index (χ2v) is 8.83. The molecular formula is C28H40N2O5. The highest BCUT2D eigenvalue weighted by Gasteiger charge is 2.23. The normalized spacial score (nSPS) is 12.5. The Labute approximate surface area is 209 Å². The Kier molecular flexibility index (Phi) is 11.9. The number of unbranched alkanes of at least 4 members (excludes halogenated alkanes) is 4. The summed E-state index contributed by atoms with van der Waals surface area (Å²) in [5.41, 5.74) is 1.70. The summed E-state index contributed by atoms with van der Waals surface area (Å²) in [5, 5.41) is 12.3. The van der Waals surface area contributed by atoms with Gasteiger partial charge in [-0.1, -0.05) is 51.7 Å². The molecule has 0 aliphatic carbocycles. The molecule has 2 N–H and O–H groups in total. The molecule has 0 bridgehead atoms. The third-order valence-electron chi connectivity index (χ3n) is 6.09. The van der Waals surface area contributed by atoms with Gasteiger partial charge in [-0.15, -0.1) is 0 Å².